The third-order valence-electron chi connectivity index (χ3n) is 1.58. The Labute approximate surface area is 66.9 Å². The quantitative estimate of drug-likeness (QED) is 0.649. The van der Waals surface area contributed by atoms with Crippen LogP contribution in [0.25, 0.3) is 0 Å². The second-order valence-electron chi connectivity index (χ2n) is 2.57. The van der Waals surface area contributed by atoms with E-state index < -0.39 is 0 Å². The van der Waals surface area contributed by atoms with Gasteiger partial charge >= 0.3 is 0 Å². The third kappa shape index (κ3) is 2.60. The van der Waals surface area contributed by atoms with E-state index in [9.17, 15) is 0 Å². The fraction of sp³-hybridized carbons (Fsp3) is 0.333. The number of benzene rings is 1. The summed E-state index contributed by atoms with van der Waals surface area (Å²) >= 11 is 0. The summed E-state index contributed by atoms with van der Waals surface area (Å²) < 4.78 is 0. The van der Waals surface area contributed by atoms with Crippen molar-refractivity contribution < 1.29 is 10.4 Å². The highest BCUT2D eigenvalue weighted by Crippen LogP contribution is 2.09. The van der Waals surface area contributed by atoms with Crippen molar-refractivity contribution in [2.24, 2.45) is 0 Å². The molecule has 0 aliphatic heterocycles. The molecule has 3 N–H and O–H groups in total. The Balaban J connectivity index is 2.56. The van der Waals surface area contributed by atoms with E-state index in [0.29, 0.717) is 5.75 Å². The zero-order valence-corrected chi connectivity index (χ0v) is 6.75. The van der Waals surface area contributed by atoms with Crippen molar-refractivity contribution in [3.63, 3.8) is 0 Å². The van der Waals surface area contributed by atoms with Crippen molar-refractivity contribution in [1.82, 2.24) is 0 Å². The molecule has 0 saturated carbocycles. The van der Waals surface area contributed by atoms with Gasteiger partial charge in [-0.25, -0.2) is 0 Å². The number of phenols is 1. The van der Waals surface area contributed by atoms with Crippen molar-refractivity contribution >= 4 is 0 Å². The number of phenolic OH excluding ortho intramolecular Hbond substituents is 1. The molecule has 0 amide bonds. The molecule has 0 radical (unpaired) electrons. The van der Waals surface area contributed by atoms with Crippen molar-refractivity contribution in [2.75, 3.05) is 6.54 Å². The van der Waals surface area contributed by atoms with Crippen molar-refractivity contribution in [3.05, 3.63) is 29.8 Å². The van der Waals surface area contributed by atoms with Crippen LogP contribution in [0.15, 0.2) is 24.3 Å². The Hall–Kier alpha value is -1.02. The van der Waals surface area contributed by atoms with Crippen LogP contribution in [0.1, 0.15) is 12.5 Å². The van der Waals surface area contributed by atoms with Crippen LogP contribution in [0.5, 0.6) is 5.75 Å². The van der Waals surface area contributed by atoms with Crippen LogP contribution in [0.4, 0.5) is 0 Å². The van der Waals surface area contributed by atoms with Gasteiger partial charge in [-0.05, 0) is 19.1 Å². The van der Waals surface area contributed by atoms with Gasteiger partial charge in [-0.1, -0.05) is 12.1 Å². The first-order valence-corrected chi connectivity index (χ1v) is 3.92. The number of quaternary nitrogens is 1. The first kappa shape index (κ1) is 8.08. The Morgan fingerprint density at radius 1 is 1.45 bits per heavy atom. The van der Waals surface area contributed by atoms with Gasteiger partial charge in [0.05, 0.1) is 6.54 Å². The summed E-state index contributed by atoms with van der Waals surface area (Å²) in [4.78, 5) is 0. The third-order valence-corrected chi connectivity index (χ3v) is 1.58. The fourth-order valence-corrected chi connectivity index (χ4v) is 0.994. The maximum atomic E-state index is 9.10. The van der Waals surface area contributed by atoms with Gasteiger partial charge in [0, 0.05) is 5.56 Å². The summed E-state index contributed by atoms with van der Waals surface area (Å²) in [5.74, 6) is 0.354. The van der Waals surface area contributed by atoms with Gasteiger partial charge in [-0.2, -0.15) is 0 Å². The highest BCUT2D eigenvalue weighted by atomic mass is 16.3. The van der Waals surface area contributed by atoms with E-state index >= 15 is 0 Å². The molecule has 2 heteroatoms. The summed E-state index contributed by atoms with van der Waals surface area (Å²) in [5, 5.41) is 11.3. The van der Waals surface area contributed by atoms with Crippen molar-refractivity contribution in [2.45, 2.75) is 13.5 Å². The molecule has 1 aromatic rings. The summed E-state index contributed by atoms with van der Waals surface area (Å²) in [6.07, 6.45) is 0. The lowest BCUT2D eigenvalue weighted by Gasteiger charge is -1.98. The average molecular weight is 152 g/mol. The van der Waals surface area contributed by atoms with Gasteiger partial charge < -0.3 is 10.4 Å². The minimum Gasteiger partial charge on any atom is -0.508 e. The molecular weight excluding hydrogens is 138 g/mol. The predicted molar refractivity (Wildman–Crippen MR) is 44.3 cm³/mol. The summed E-state index contributed by atoms with van der Waals surface area (Å²) in [5.41, 5.74) is 1.17. The molecule has 0 fully saturated rings. The van der Waals surface area contributed by atoms with E-state index in [4.69, 9.17) is 5.11 Å². The van der Waals surface area contributed by atoms with E-state index in [2.05, 4.69) is 12.2 Å². The molecular formula is C9H14NO+. The smallest absolute Gasteiger partial charge is 0.116 e. The molecule has 0 aliphatic rings. The van der Waals surface area contributed by atoms with Crippen molar-refractivity contribution in [1.29, 1.82) is 0 Å². The normalized spacial score (nSPS) is 9.91. The molecule has 0 heterocycles. The highest BCUT2D eigenvalue weighted by Gasteiger charge is 1.93. The Morgan fingerprint density at radius 3 is 2.91 bits per heavy atom. The number of rotatable bonds is 3. The van der Waals surface area contributed by atoms with E-state index in [-0.39, 0.29) is 0 Å². The monoisotopic (exact) mass is 152 g/mol. The number of nitrogens with two attached hydrogens (primary N) is 1. The van der Waals surface area contributed by atoms with Crippen LogP contribution in [-0.4, -0.2) is 11.7 Å². The summed E-state index contributed by atoms with van der Waals surface area (Å²) in [7, 11) is 0. The number of hydrogen-bond acceptors (Lipinski definition) is 1. The van der Waals surface area contributed by atoms with Crippen LogP contribution in [0, 0.1) is 0 Å². The number of aromatic hydroxyl groups is 1. The zero-order valence-electron chi connectivity index (χ0n) is 6.75. The SMILES string of the molecule is CC[NH2+]Cc1cccc(O)c1. The van der Waals surface area contributed by atoms with Gasteiger partial charge in [-0.3, -0.25) is 0 Å². The van der Waals surface area contributed by atoms with Crippen LogP contribution in [-0.2, 0) is 6.54 Å². The minimum absolute atomic E-state index is 0.354. The molecule has 0 unspecified atom stereocenters. The molecule has 0 aliphatic carbocycles. The predicted octanol–water partition coefficient (Wildman–Crippen LogP) is 0.475. The minimum atomic E-state index is 0.354. The average Bonchev–Trinajstić information content (AvgIpc) is 2.01. The lowest BCUT2D eigenvalue weighted by Crippen LogP contribution is -2.81. The van der Waals surface area contributed by atoms with Gasteiger partial charge in [0.15, 0.2) is 0 Å². The first-order valence-electron chi connectivity index (χ1n) is 3.92. The molecule has 0 aromatic heterocycles. The molecule has 1 rings (SSSR count). The van der Waals surface area contributed by atoms with E-state index in [1.54, 1.807) is 12.1 Å². The zero-order chi connectivity index (χ0) is 8.10. The van der Waals surface area contributed by atoms with Gasteiger partial charge in [0.25, 0.3) is 0 Å². The van der Waals surface area contributed by atoms with Gasteiger partial charge in [0.1, 0.15) is 12.3 Å². The maximum Gasteiger partial charge on any atom is 0.116 e. The second-order valence-corrected chi connectivity index (χ2v) is 2.57. The van der Waals surface area contributed by atoms with E-state index in [1.165, 1.54) is 5.56 Å². The lowest BCUT2D eigenvalue weighted by atomic mass is 10.2. The van der Waals surface area contributed by atoms with Crippen LogP contribution in [0.2, 0.25) is 0 Å². The Kier molecular flexibility index (Phi) is 2.93. The van der Waals surface area contributed by atoms with Crippen LogP contribution < -0.4 is 5.32 Å². The Bertz CT molecular complexity index is 223. The van der Waals surface area contributed by atoms with Crippen LogP contribution in [0.3, 0.4) is 0 Å². The molecule has 2 nitrogen and oxygen atoms in total. The van der Waals surface area contributed by atoms with E-state index in [0.717, 1.165) is 13.1 Å². The fourth-order valence-electron chi connectivity index (χ4n) is 0.994. The van der Waals surface area contributed by atoms with Crippen LogP contribution >= 0.6 is 0 Å². The number of hydrogen-bond donors (Lipinski definition) is 2. The highest BCUT2D eigenvalue weighted by molar-refractivity contribution is 5.26. The summed E-state index contributed by atoms with van der Waals surface area (Å²) in [6.45, 7) is 4.14. The van der Waals surface area contributed by atoms with E-state index in [1.807, 2.05) is 12.1 Å². The largest absolute Gasteiger partial charge is 0.508 e. The van der Waals surface area contributed by atoms with Gasteiger partial charge in [-0.15, -0.1) is 0 Å². The second kappa shape index (κ2) is 3.98. The van der Waals surface area contributed by atoms with Gasteiger partial charge in [0.2, 0.25) is 0 Å². The molecule has 1 aromatic carbocycles. The van der Waals surface area contributed by atoms with Crippen molar-refractivity contribution in [3.8, 4) is 5.75 Å². The molecule has 0 atom stereocenters. The Morgan fingerprint density at radius 2 is 2.27 bits per heavy atom. The maximum absolute atomic E-state index is 9.10. The molecule has 0 bridgehead atoms. The summed E-state index contributed by atoms with van der Waals surface area (Å²) in [6, 6.07) is 7.38. The standard InChI is InChI=1S/C9H13NO/c1-2-10-7-8-4-3-5-9(11)6-8/h3-6,10-11H,2,7H2,1H3/p+1. The first-order chi connectivity index (χ1) is 5.33. The molecule has 60 valence electrons. The molecule has 0 saturated heterocycles. The molecule has 0 spiro atoms. The topological polar surface area (TPSA) is 36.8 Å². The lowest BCUT2D eigenvalue weighted by molar-refractivity contribution is -0.667. The molecule has 11 heavy (non-hydrogen) atoms.